The Labute approximate surface area is 233 Å². The standard InChI is InChI=1S/C28H38N8O4/c29-27(30)35-15-3-1-13-33-23(38)12-6-18-5-11-22-21(17-18)24(25(40-22)19-7-9-20(37)10-8-19)26(39)34-14-2-4-16-36-28(31)32/h5-12,17,24-25,37H,1-4,13-16H2,(H,33,38)(H,34,39)(H4,29,30,35)(H4,31,32,36)/b12-6+/t24-,25+/m0/s1. The number of nitrogens with one attached hydrogen (secondary N) is 6. The molecule has 1 heterocycles. The van der Waals surface area contributed by atoms with Gasteiger partial charge >= 0.3 is 0 Å². The Morgan fingerprint density at radius 2 is 1.43 bits per heavy atom. The highest BCUT2D eigenvalue weighted by molar-refractivity contribution is 5.92. The van der Waals surface area contributed by atoms with E-state index in [4.69, 9.17) is 27.0 Å². The van der Waals surface area contributed by atoms with Crippen LogP contribution in [0.25, 0.3) is 6.08 Å². The molecule has 2 amide bonds. The second-order valence-corrected chi connectivity index (χ2v) is 9.42. The zero-order valence-electron chi connectivity index (χ0n) is 22.3. The Balaban J connectivity index is 1.65. The van der Waals surface area contributed by atoms with Crippen molar-refractivity contribution in [3.63, 3.8) is 0 Å². The number of ether oxygens (including phenoxy) is 1. The van der Waals surface area contributed by atoms with Gasteiger partial charge in [0.15, 0.2) is 11.9 Å². The van der Waals surface area contributed by atoms with Gasteiger partial charge in [0.05, 0.1) is 0 Å². The van der Waals surface area contributed by atoms with Crippen molar-refractivity contribution >= 4 is 29.8 Å². The number of carbonyl (C=O) groups is 2. The number of hydrogen-bond donors (Lipinski definition) is 9. The molecule has 214 valence electrons. The minimum Gasteiger partial charge on any atom is -0.508 e. The van der Waals surface area contributed by atoms with E-state index in [2.05, 4.69) is 21.3 Å². The van der Waals surface area contributed by atoms with Crippen molar-refractivity contribution < 1.29 is 19.4 Å². The van der Waals surface area contributed by atoms with Gasteiger partial charge in [0.1, 0.15) is 23.5 Å². The maximum Gasteiger partial charge on any atom is 0.243 e. The summed E-state index contributed by atoms with van der Waals surface area (Å²) in [5.41, 5.74) is 12.8. The number of carbonyl (C=O) groups excluding carboxylic acids is 2. The second-order valence-electron chi connectivity index (χ2n) is 9.42. The summed E-state index contributed by atoms with van der Waals surface area (Å²) in [4.78, 5) is 25.7. The molecule has 0 aromatic heterocycles. The Bertz CT molecular complexity index is 1220. The zero-order chi connectivity index (χ0) is 28.9. The first-order chi connectivity index (χ1) is 19.2. The number of phenolic OH excluding ortho intramolecular Hbond substituents is 1. The first-order valence-corrected chi connectivity index (χ1v) is 13.2. The molecular weight excluding hydrogens is 512 g/mol. The molecule has 11 N–H and O–H groups in total. The van der Waals surface area contributed by atoms with E-state index >= 15 is 0 Å². The van der Waals surface area contributed by atoms with Gasteiger partial charge in [-0.1, -0.05) is 18.2 Å². The fourth-order valence-electron chi connectivity index (χ4n) is 4.30. The number of phenols is 1. The number of unbranched alkanes of at least 4 members (excludes halogenated alkanes) is 2. The molecule has 0 unspecified atom stereocenters. The lowest BCUT2D eigenvalue weighted by molar-refractivity contribution is -0.124. The van der Waals surface area contributed by atoms with E-state index < -0.39 is 12.0 Å². The van der Waals surface area contributed by atoms with E-state index in [0.717, 1.165) is 30.4 Å². The predicted octanol–water partition coefficient (Wildman–Crippen LogP) is 1.38. The number of hydrogen-bond acceptors (Lipinski definition) is 6. The van der Waals surface area contributed by atoms with Crippen molar-refractivity contribution in [1.82, 2.24) is 21.3 Å². The van der Waals surface area contributed by atoms with Crippen LogP contribution in [0.4, 0.5) is 0 Å². The molecule has 0 radical (unpaired) electrons. The minimum atomic E-state index is -0.624. The Kier molecular flexibility index (Phi) is 11.2. The highest BCUT2D eigenvalue weighted by Gasteiger charge is 2.40. The van der Waals surface area contributed by atoms with Gasteiger partial charge in [-0.25, -0.2) is 0 Å². The minimum absolute atomic E-state index is 0.0699. The molecule has 0 fully saturated rings. The molecule has 12 nitrogen and oxygen atoms in total. The number of amides is 2. The first-order valence-electron chi connectivity index (χ1n) is 13.2. The number of nitrogens with two attached hydrogens (primary N) is 2. The Hall–Kier alpha value is -4.74. The van der Waals surface area contributed by atoms with E-state index in [1.807, 2.05) is 12.1 Å². The predicted molar refractivity (Wildman–Crippen MR) is 154 cm³/mol. The molecule has 3 rings (SSSR count). The number of guanidine groups is 2. The number of rotatable bonds is 14. The molecule has 0 spiro atoms. The summed E-state index contributed by atoms with van der Waals surface area (Å²) in [6, 6.07) is 12.1. The monoisotopic (exact) mass is 550 g/mol. The molecule has 0 bridgehead atoms. The first kappa shape index (κ1) is 29.8. The summed E-state index contributed by atoms with van der Waals surface area (Å²) in [6.45, 7) is 2.09. The van der Waals surface area contributed by atoms with Crippen molar-refractivity contribution in [3.8, 4) is 11.5 Å². The van der Waals surface area contributed by atoms with Crippen LogP contribution in [0.1, 0.15) is 54.4 Å². The fraction of sp³-hybridized carbons (Fsp3) is 0.357. The van der Waals surface area contributed by atoms with Crippen LogP contribution < -0.4 is 37.5 Å². The van der Waals surface area contributed by atoms with Gasteiger partial charge in [0.2, 0.25) is 11.8 Å². The van der Waals surface area contributed by atoms with Crippen molar-refractivity contribution in [2.75, 3.05) is 26.2 Å². The van der Waals surface area contributed by atoms with Crippen molar-refractivity contribution in [3.05, 3.63) is 65.2 Å². The van der Waals surface area contributed by atoms with Crippen LogP contribution in [-0.4, -0.2) is 55.0 Å². The molecule has 0 aliphatic carbocycles. The van der Waals surface area contributed by atoms with Crippen LogP contribution in [0, 0.1) is 10.8 Å². The van der Waals surface area contributed by atoms with Crippen LogP contribution in [0.3, 0.4) is 0 Å². The zero-order valence-corrected chi connectivity index (χ0v) is 22.3. The quantitative estimate of drug-likeness (QED) is 0.0724. The van der Waals surface area contributed by atoms with Gasteiger partial charge in [-0.2, -0.15) is 0 Å². The highest BCUT2D eigenvalue weighted by atomic mass is 16.5. The molecular formula is C28H38N8O4. The molecule has 0 saturated carbocycles. The summed E-state index contributed by atoms with van der Waals surface area (Å²) in [7, 11) is 0. The molecule has 0 saturated heterocycles. The lowest BCUT2D eigenvalue weighted by Gasteiger charge is -2.19. The molecule has 2 aromatic rings. The lowest BCUT2D eigenvalue weighted by Crippen LogP contribution is -2.33. The van der Waals surface area contributed by atoms with E-state index in [1.54, 1.807) is 36.4 Å². The maximum absolute atomic E-state index is 13.4. The van der Waals surface area contributed by atoms with Crippen molar-refractivity contribution in [2.45, 2.75) is 37.7 Å². The summed E-state index contributed by atoms with van der Waals surface area (Å²) in [6.07, 6.45) is 5.54. The van der Waals surface area contributed by atoms with Gasteiger partial charge in [-0.3, -0.25) is 20.4 Å². The summed E-state index contributed by atoms with van der Waals surface area (Å²) in [5, 5.41) is 35.3. The van der Waals surface area contributed by atoms with Gasteiger partial charge in [0.25, 0.3) is 0 Å². The number of fused-ring (bicyclic) bond motifs is 1. The van der Waals surface area contributed by atoms with Crippen LogP contribution in [-0.2, 0) is 9.59 Å². The van der Waals surface area contributed by atoms with Crippen LogP contribution in [0.2, 0.25) is 0 Å². The van der Waals surface area contributed by atoms with Crippen molar-refractivity contribution in [2.24, 2.45) is 11.5 Å². The molecule has 1 aliphatic heterocycles. The Morgan fingerprint density at radius 1 is 0.850 bits per heavy atom. The van der Waals surface area contributed by atoms with E-state index in [1.165, 1.54) is 6.08 Å². The third-order valence-electron chi connectivity index (χ3n) is 6.29. The van der Waals surface area contributed by atoms with E-state index in [0.29, 0.717) is 43.9 Å². The largest absolute Gasteiger partial charge is 0.508 e. The summed E-state index contributed by atoms with van der Waals surface area (Å²) < 4.78 is 6.20. The molecule has 1 aliphatic rings. The van der Waals surface area contributed by atoms with Crippen LogP contribution in [0.15, 0.2) is 48.5 Å². The lowest BCUT2D eigenvalue weighted by atomic mass is 9.89. The summed E-state index contributed by atoms with van der Waals surface area (Å²) in [5.74, 6) is -0.481. The fourth-order valence-corrected chi connectivity index (χ4v) is 4.30. The number of benzene rings is 2. The van der Waals surface area contributed by atoms with Gasteiger partial charge < -0.3 is 42.6 Å². The average Bonchev–Trinajstić information content (AvgIpc) is 3.30. The van der Waals surface area contributed by atoms with E-state index in [9.17, 15) is 14.7 Å². The third kappa shape index (κ3) is 9.22. The Morgan fingerprint density at radius 3 is 2.02 bits per heavy atom. The average molecular weight is 551 g/mol. The van der Waals surface area contributed by atoms with Gasteiger partial charge in [0, 0.05) is 37.8 Å². The van der Waals surface area contributed by atoms with E-state index in [-0.39, 0.29) is 29.5 Å². The van der Waals surface area contributed by atoms with Gasteiger partial charge in [-0.15, -0.1) is 0 Å². The topological polar surface area (TPSA) is 211 Å². The maximum atomic E-state index is 13.4. The van der Waals surface area contributed by atoms with Crippen LogP contribution >= 0.6 is 0 Å². The summed E-state index contributed by atoms with van der Waals surface area (Å²) >= 11 is 0. The molecule has 2 aromatic carbocycles. The molecule has 40 heavy (non-hydrogen) atoms. The second kappa shape index (κ2) is 15.0. The third-order valence-corrected chi connectivity index (χ3v) is 6.29. The van der Waals surface area contributed by atoms with Crippen LogP contribution in [0.5, 0.6) is 11.5 Å². The highest BCUT2D eigenvalue weighted by Crippen LogP contribution is 2.46. The number of aromatic hydroxyl groups is 1. The SMILES string of the molecule is N=C(N)NCCCCNC(=O)/C=C/c1ccc2c(c1)[C@H](C(=O)NCCCCNC(=N)N)[C@@H](c1ccc(O)cc1)O2. The van der Waals surface area contributed by atoms with Gasteiger partial charge in [-0.05, 0) is 67.2 Å². The molecule has 2 atom stereocenters. The van der Waals surface area contributed by atoms with Crippen molar-refractivity contribution in [1.29, 1.82) is 10.8 Å². The smallest absolute Gasteiger partial charge is 0.243 e. The molecule has 12 heteroatoms. The normalized spacial score (nSPS) is 15.6.